The van der Waals surface area contributed by atoms with Crippen molar-refractivity contribution in [2.24, 2.45) is 11.3 Å². The van der Waals surface area contributed by atoms with Gasteiger partial charge in [0.15, 0.2) is 0 Å². The average Bonchev–Trinajstić information content (AvgIpc) is 2.46. The van der Waals surface area contributed by atoms with Gasteiger partial charge in [-0.2, -0.15) is 0 Å². The lowest BCUT2D eigenvalue weighted by Crippen LogP contribution is -2.51. The first-order chi connectivity index (χ1) is 10.3. The third-order valence-electron chi connectivity index (χ3n) is 4.19. The molecule has 0 N–H and O–H groups in total. The van der Waals surface area contributed by atoms with E-state index in [1.807, 2.05) is 23.1 Å². The van der Waals surface area contributed by atoms with Crippen LogP contribution in [0.5, 0.6) is 0 Å². The molecule has 0 aliphatic carbocycles. The topological polar surface area (TPSA) is 23.6 Å². The Hall–Kier alpha value is -1.35. The van der Waals surface area contributed by atoms with Crippen molar-refractivity contribution in [2.45, 2.75) is 34.1 Å². The molecule has 3 heteroatoms. The van der Waals surface area contributed by atoms with Gasteiger partial charge in [-0.15, -0.1) is 0 Å². The quantitative estimate of drug-likeness (QED) is 0.853. The molecule has 1 fully saturated rings. The predicted octanol–water partition coefficient (Wildman–Crippen LogP) is 3.06. The van der Waals surface area contributed by atoms with E-state index in [4.69, 9.17) is 0 Å². The van der Waals surface area contributed by atoms with Gasteiger partial charge in [-0.3, -0.25) is 9.69 Å². The summed E-state index contributed by atoms with van der Waals surface area (Å²) in [5, 5.41) is 0. The van der Waals surface area contributed by atoms with Crippen LogP contribution in [0.2, 0.25) is 0 Å². The fourth-order valence-electron chi connectivity index (χ4n) is 3.16. The standard InChI is InChI=1S/C19H30N2O/c1-16(14-17-8-6-5-7-9-17)18(22)21-12-10-20(11-13-21)15-19(2,3)4/h5-9,16H,10-15H2,1-4H3. The van der Waals surface area contributed by atoms with E-state index in [2.05, 4.69) is 44.7 Å². The molecule has 0 radical (unpaired) electrons. The first-order valence-electron chi connectivity index (χ1n) is 8.40. The van der Waals surface area contributed by atoms with Gasteiger partial charge in [0.2, 0.25) is 5.91 Å². The summed E-state index contributed by atoms with van der Waals surface area (Å²) >= 11 is 0. The van der Waals surface area contributed by atoms with Crippen LogP contribution in [0.1, 0.15) is 33.3 Å². The van der Waals surface area contributed by atoms with Crippen LogP contribution in [0, 0.1) is 11.3 Å². The maximum Gasteiger partial charge on any atom is 0.225 e. The van der Waals surface area contributed by atoms with Crippen molar-refractivity contribution in [3.63, 3.8) is 0 Å². The summed E-state index contributed by atoms with van der Waals surface area (Å²) in [7, 11) is 0. The fraction of sp³-hybridized carbons (Fsp3) is 0.632. The molecule has 0 bridgehead atoms. The molecule has 1 heterocycles. The second-order valence-electron chi connectivity index (χ2n) is 7.75. The largest absolute Gasteiger partial charge is 0.340 e. The third-order valence-corrected chi connectivity index (χ3v) is 4.19. The summed E-state index contributed by atoms with van der Waals surface area (Å²) in [4.78, 5) is 17.1. The van der Waals surface area contributed by atoms with Crippen molar-refractivity contribution < 1.29 is 4.79 Å². The van der Waals surface area contributed by atoms with Crippen molar-refractivity contribution >= 4 is 5.91 Å². The molecule has 1 aromatic rings. The minimum absolute atomic E-state index is 0.0663. The molecule has 3 nitrogen and oxygen atoms in total. The molecule has 0 spiro atoms. The van der Waals surface area contributed by atoms with E-state index in [0.717, 1.165) is 39.1 Å². The summed E-state index contributed by atoms with van der Waals surface area (Å²) < 4.78 is 0. The van der Waals surface area contributed by atoms with Gasteiger partial charge < -0.3 is 4.90 Å². The van der Waals surface area contributed by atoms with Gasteiger partial charge in [0, 0.05) is 38.6 Å². The Morgan fingerprint density at radius 3 is 2.23 bits per heavy atom. The SMILES string of the molecule is CC(Cc1ccccc1)C(=O)N1CCN(CC(C)(C)C)CC1. The highest BCUT2D eigenvalue weighted by Gasteiger charge is 2.26. The van der Waals surface area contributed by atoms with Crippen molar-refractivity contribution in [1.82, 2.24) is 9.80 Å². The summed E-state index contributed by atoms with van der Waals surface area (Å²) in [5.74, 6) is 0.371. The van der Waals surface area contributed by atoms with Crippen LogP contribution < -0.4 is 0 Å². The second-order valence-corrected chi connectivity index (χ2v) is 7.75. The molecule has 0 saturated carbocycles. The Labute approximate surface area is 135 Å². The Morgan fingerprint density at radius 2 is 1.68 bits per heavy atom. The van der Waals surface area contributed by atoms with E-state index in [1.54, 1.807) is 0 Å². The highest BCUT2D eigenvalue weighted by molar-refractivity contribution is 5.78. The highest BCUT2D eigenvalue weighted by Crippen LogP contribution is 2.18. The molecule has 1 aliphatic heterocycles. The van der Waals surface area contributed by atoms with E-state index < -0.39 is 0 Å². The van der Waals surface area contributed by atoms with Gasteiger partial charge in [-0.25, -0.2) is 0 Å². The summed E-state index contributed by atoms with van der Waals surface area (Å²) in [6, 6.07) is 10.3. The zero-order chi connectivity index (χ0) is 16.2. The molecule has 2 rings (SSSR count). The number of carbonyl (C=O) groups is 1. The number of piperazine rings is 1. The summed E-state index contributed by atoms with van der Waals surface area (Å²) in [6.45, 7) is 13.7. The minimum Gasteiger partial charge on any atom is -0.340 e. The Bertz CT molecular complexity index is 470. The molecule has 1 aliphatic rings. The van der Waals surface area contributed by atoms with Crippen LogP contribution in [0.4, 0.5) is 0 Å². The number of carbonyl (C=O) groups excluding carboxylic acids is 1. The summed E-state index contributed by atoms with van der Waals surface area (Å²) in [6.07, 6.45) is 0.835. The summed E-state index contributed by atoms with van der Waals surface area (Å²) in [5.41, 5.74) is 1.57. The molecule has 22 heavy (non-hydrogen) atoms. The lowest BCUT2D eigenvalue weighted by molar-refractivity contribution is -0.136. The van der Waals surface area contributed by atoms with E-state index in [0.29, 0.717) is 11.3 Å². The maximum atomic E-state index is 12.6. The van der Waals surface area contributed by atoms with Gasteiger partial charge >= 0.3 is 0 Å². The molecular weight excluding hydrogens is 272 g/mol. The van der Waals surface area contributed by atoms with Crippen molar-refractivity contribution in [3.8, 4) is 0 Å². The average molecular weight is 302 g/mol. The lowest BCUT2D eigenvalue weighted by Gasteiger charge is -2.38. The van der Waals surface area contributed by atoms with Crippen LogP contribution in [0.3, 0.4) is 0 Å². The molecule has 1 atom stereocenters. The van der Waals surface area contributed by atoms with E-state index in [-0.39, 0.29) is 5.92 Å². The first-order valence-corrected chi connectivity index (χ1v) is 8.40. The second kappa shape index (κ2) is 7.28. The molecule has 0 aromatic heterocycles. The van der Waals surface area contributed by atoms with Crippen LogP contribution in [0.25, 0.3) is 0 Å². The first kappa shape index (κ1) is 17.0. The van der Waals surface area contributed by atoms with Crippen LogP contribution in [-0.2, 0) is 11.2 Å². The Kier molecular flexibility index (Phi) is 5.63. The van der Waals surface area contributed by atoms with Gasteiger partial charge in [0.1, 0.15) is 0 Å². The number of nitrogens with zero attached hydrogens (tertiary/aromatic N) is 2. The molecule has 1 amide bonds. The smallest absolute Gasteiger partial charge is 0.225 e. The van der Waals surface area contributed by atoms with Crippen LogP contribution in [-0.4, -0.2) is 48.4 Å². The van der Waals surface area contributed by atoms with E-state index >= 15 is 0 Å². The Balaban J connectivity index is 1.82. The molecule has 122 valence electrons. The predicted molar refractivity (Wildman–Crippen MR) is 91.8 cm³/mol. The highest BCUT2D eigenvalue weighted by atomic mass is 16.2. The lowest BCUT2D eigenvalue weighted by atomic mass is 9.95. The Morgan fingerprint density at radius 1 is 1.09 bits per heavy atom. The number of benzene rings is 1. The zero-order valence-corrected chi connectivity index (χ0v) is 14.5. The van der Waals surface area contributed by atoms with Gasteiger partial charge in [0.05, 0.1) is 0 Å². The minimum atomic E-state index is 0.0663. The van der Waals surface area contributed by atoms with Crippen molar-refractivity contribution in [3.05, 3.63) is 35.9 Å². The van der Waals surface area contributed by atoms with Gasteiger partial charge in [-0.1, -0.05) is 58.0 Å². The van der Waals surface area contributed by atoms with Crippen molar-refractivity contribution in [1.29, 1.82) is 0 Å². The maximum absolute atomic E-state index is 12.6. The molecular formula is C19H30N2O. The van der Waals surface area contributed by atoms with Crippen molar-refractivity contribution in [2.75, 3.05) is 32.7 Å². The fourth-order valence-corrected chi connectivity index (χ4v) is 3.16. The normalized spacial score (nSPS) is 18.3. The van der Waals surface area contributed by atoms with Crippen LogP contribution in [0.15, 0.2) is 30.3 Å². The van der Waals surface area contributed by atoms with Gasteiger partial charge in [-0.05, 0) is 17.4 Å². The molecule has 1 aromatic carbocycles. The number of amides is 1. The van der Waals surface area contributed by atoms with Crippen LogP contribution >= 0.6 is 0 Å². The monoisotopic (exact) mass is 302 g/mol. The van der Waals surface area contributed by atoms with E-state index in [1.165, 1.54) is 5.56 Å². The number of hydrogen-bond donors (Lipinski definition) is 0. The number of rotatable bonds is 4. The third kappa shape index (κ3) is 5.13. The molecule has 1 unspecified atom stereocenters. The number of hydrogen-bond acceptors (Lipinski definition) is 2. The van der Waals surface area contributed by atoms with Gasteiger partial charge in [0.25, 0.3) is 0 Å². The molecule has 1 saturated heterocycles. The zero-order valence-electron chi connectivity index (χ0n) is 14.5. The van der Waals surface area contributed by atoms with E-state index in [9.17, 15) is 4.79 Å².